The number of amides is 1. The number of carbonyl (C=O) groups excluding carboxylic acids is 1. The lowest BCUT2D eigenvalue weighted by Gasteiger charge is -2.23. The van der Waals surface area contributed by atoms with Crippen molar-refractivity contribution in [3.05, 3.63) is 29.8 Å². The molecule has 1 saturated carbocycles. The van der Waals surface area contributed by atoms with Gasteiger partial charge in [-0.15, -0.1) is 0 Å². The maximum absolute atomic E-state index is 12.1. The minimum absolute atomic E-state index is 0.154. The quantitative estimate of drug-likeness (QED) is 0.848. The first-order valence-corrected chi connectivity index (χ1v) is 9.05. The lowest BCUT2D eigenvalue weighted by Crippen LogP contribution is -2.45. The van der Waals surface area contributed by atoms with Crippen molar-refractivity contribution in [3.8, 4) is 5.75 Å². The highest BCUT2D eigenvalue weighted by molar-refractivity contribution is 5.76. The SMILES string of the molecule is O=C(CCc1cccc(OC2CCCC2)c1)NC1CCCNC1. The largest absolute Gasteiger partial charge is 0.490 e. The second kappa shape index (κ2) is 8.34. The molecule has 1 unspecified atom stereocenters. The minimum Gasteiger partial charge on any atom is -0.490 e. The highest BCUT2D eigenvalue weighted by atomic mass is 16.5. The van der Waals surface area contributed by atoms with Crippen LogP contribution in [0.25, 0.3) is 0 Å². The van der Waals surface area contributed by atoms with Gasteiger partial charge < -0.3 is 15.4 Å². The molecule has 23 heavy (non-hydrogen) atoms. The molecule has 4 nitrogen and oxygen atoms in total. The summed E-state index contributed by atoms with van der Waals surface area (Å²) in [6.45, 7) is 1.97. The van der Waals surface area contributed by atoms with Crippen LogP contribution in [0.5, 0.6) is 5.75 Å². The Morgan fingerprint density at radius 1 is 1.22 bits per heavy atom. The van der Waals surface area contributed by atoms with Crippen LogP contribution in [-0.4, -0.2) is 31.1 Å². The van der Waals surface area contributed by atoms with Crippen LogP contribution in [0.15, 0.2) is 24.3 Å². The highest BCUT2D eigenvalue weighted by Crippen LogP contribution is 2.24. The Morgan fingerprint density at radius 2 is 2.09 bits per heavy atom. The molecule has 126 valence electrons. The fourth-order valence-corrected chi connectivity index (χ4v) is 3.51. The molecule has 0 spiro atoms. The number of ether oxygens (including phenoxy) is 1. The molecular weight excluding hydrogens is 288 g/mol. The molecule has 1 saturated heterocycles. The van der Waals surface area contributed by atoms with Gasteiger partial charge in [-0.25, -0.2) is 0 Å². The summed E-state index contributed by atoms with van der Waals surface area (Å²) >= 11 is 0. The van der Waals surface area contributed by atoms with Crippen LogP contribution in [0.1, 0.15) is 50.5 Å². The molecule has 2 fully saturated rings. The Kier molecular flexibility index (Phi) is 5.92. The molecular formula is C19H28N2O2. The fourth-order valence-electron chi connectivity index (χ4n) is 3.51. The van der Waals surface area contributed by atoms with Gasteiger partial charge in [-0.1, -0.05) is 12.1 Å². The number of aryl methyl sites for hydroxylation is 1. The summed E-state index contributed by atoms with van der Waals surface area (Å²) in [4.78, 5) is 12.1. The Balaban J connectivity index is 1.44. The van der Waals surface area contributed by atoms with E-state index < -0.39 is 0 Å². The fraction of sp³-hybridized carbons (Fsp3) is 0.632. The highest BCUT2D eigenvalue weighted by Gasteiger charge is 2.17. The van der Waals surface area contributed by atoms with Gasteiger partial charge >= 0.3 is 0 Å². The van der Waals surface area contributed by atoms with E-state index in [2.05, 4.69) is 22.8 Å². The van der Waals surface area contributed by atoms with Crippen molar-refractivity contribution >= 4 is 5.91 Å². The van der Waals surface area contributed by atoms with Crippen LogP contribution in [0, 0.1) is 0 Å². The van der Waals surface area contributed by atoms with Gasteiger partial charge in [-0.3, -0.25) is 4.79 Å². The van der Waals surface area contributed by atoms with E-state index in [4.69, 9.17) is 4.74 Å². The lowest BCUT2D eigenvalue weighted by atomic mass is 10.1. The molecule has 4 heteroatoms. The van der Waals surface area contributed by atoms with Gasteiger partial charge in [0, 0.05) is 19.0 Å². The number of hydrogen-bond donors (Lipinski definition) is 2. The van der Waals surface area contributed by atoms with Crippen LogP contribution in [0.2, 0.25) is 0 Å². The van der Waals surface area contributed by atoms with Crippen molar-refractivity contribution in [1.82, 2.24) is 10.6 Å². The van der Waals surface area contributed by atoms with Gasteiger partial charge in [0.25, 0.3) is 0 Å². The van der Waals surface area contributed by atoms with Crippen molar-refractivity contribution in [1.29, 1.82) is 0 Å². The summed E-state index contributed by atoms with van der Waals surface area (Å²) in [5, 5.41) is 6.45. The number of rotatable bonds is 6. The Labute approximate surface area is 139 Å². The summed E-state index contributed by atoms with van der Waals surface area (Å²) < 4.78 is 6.04. The monoisotopic (exact) mass is 316 g/mol. The zero-order valence-electron chi connectivity index (χ0n) is 13.9. The summed E-state index contributed by atoms with van der Waals surface area (Å²) in [5.74, 6) is 1.10. The third-order valence-electron chi connectivity index (χ3n) is 4.81. The van der Waals surface area contributed by atoms with Gasteiger partial charge in [0.15, 0.2) is 0 Å². The first-order chi connectivity index (χ1) is 11.3. The van der Waals surface area contributed by atoms with Gasteiger partial charge in [-0.2, -0.15) is 0 Å². The summed E-state index contributed by atoms with van der Waals surface area (Å²) in [7, 11) is 0. The number of benzene rings is 1. The Hall–Kier alpha value is -1.55. The molecule has 2 aliphatic rings. The number of nitrogens with one attached hydrogen (secondary N) is 2. The van der Waals surface area contributed by atoms with Gasteiger partial charge in [0.05, 0.1) is 6.10 Å². The number of piperidine rings is 1. The molecule has 1 aliphatic heterocycles. The van der Waals surface area contributed by atoms with E-state index in [9.17, 15) is 4.79 Å². The van der Waals surface area contributed by atoms with E-state index in [0.29, 0.717) is 18.6 Å². The Bertz CT molecular complexity index is 506. The van der Waals surface area contributed by atoms with E-state index in [1.165, 1.54) is 31.2 Å². The molecule has 0 radical (unpaired) electrons. The molecule has 0 aromatic heterocycles. The van der Waals surface area contributed by atoms with E-state index in [1.807, 2.05) is 12.1 Å². The van der Waals surface area contributed by atoms with Crippen LogP contribution < -0.4 is 15.4 Å². The zero-order chi connectivity index (χ0) is 15.9. The van der Waals surface area contributed by atoms with E-state index >= 15 is 0 Å². The predicted molar refractivity (Wildman–Crippen MR) is 91.7 cm³/mol. The van der Waals surface area contributed by atoms with E-state index in [0.717, 1.165) is 38.1 Å². The van der Waals surface area contributed by atoms with Crippen molar-refractivity contribution in [2.45, 2.75) is 63.5 Å². The third-order valence-corrected chi connectivity index (χ3v) is 4.81. The summed E-state index contributed by atoms with van der Waals surface area (Å²) in [5.41, 5.74) is 1.18. The predicted octanol–water partition coefficient (Wildman–Crippen LogP) is 2.81. The van der Waals surface area contributed by atoms with Crippen LogP contribution >= 0.6 is 0 Å². The standard InChI is InChI=1S/C19H28N2O2/c22-19(21-16-6-4-12-20-14-16)11-10-15-5-3-9-18(13-15)23-17-7-1-2-8-17/h3,5,9,13,16-17,20H,1-2,4,6-8,10-12,14H2,(H,21,22). The molecule has 1 atom stereocenters. The molecule has 3 rings (SSSR count). The van der Waals surface area contributed by atoms with Crippen LogP contribution in [0.3, 0.4) is 0 Å². The normalized spacial score (nSPS) is 22.0. The molecule has 2 N–H and O–H groups in total. The summed E-state index contributed by atoms with van der Waals surface area (Å²) in [6.07, 6.45) is 8.82. The van der Waals surface area contributed by atoms with Crippen molar-refractivity contribution < 1.29 is 9.53 Å². The first-order valence-electron chi connectivity index (χ1n) is 9.05. The molecule has 0 bridgehead atoms. The van der Waals surface area contributed by atoms with E-state index in [-0.39, 0.29) is 5.91 Å². The Morgan fingerprint density at radius 3 is 2.87 bits per heavy atom. The molecule has 1 aliphatic carbocycles. The number of carbonyl (C=O) groups is 1. The lowest BCUT2D eigenvalue weighted by molar-refractivity contribution is -0.121. The van der Waals surface area contributed by atoms with Crippen LogP contribution in [0.4, 0.5) is 0 Å². The second-order valence-electron chi connectivity index (χ2n) is 6.78. The van der Waals surface area contributed by atoms with Crippen LogP contribution in [-0.2, 0) is 11.2 Å². The van der Waals surface area contributed by atoms with Crippen molar-refractivity contribution in [3.63, 3.8) is 0 Å². The molecule has 1 aromatic carbocycles. The molecule has 1 heterocycles. The van der Waals surface area contributed by atoms with Gasteiger partial charge in [-0.05, 0) is 69.2 Å². The van der Waals surface area contributed by atoms with E-state index in [1.54, 1.807) is 0 Å². The smallest absolute Gasteiger partial charge is 0.220 e. The molecule has 1 aromatic rings. The topological polar surface area (TPSA) is 50.4 Å². The average Bonchev–Trinajstić information content (AvgIpc) is 3.07. The maximum atomic E-state index is 12.1. The minimum atomic E-state index is 0.154. The second-order valence-corrected chi connectivity index (χ2v) is 6.78. The van der Waals surface area contributed by atoms with Crippen molar-refractivity contribution in [2.75, 3.05) is 13.1 Å². The first kappa shape index (κ1) is 16.3. The van der Waals surface area contributed by atoms with Gasteiger partial charge in [0.2, 0.25) is 5.91 Å². The number of hydrogen-bond acceptors (Lipinski definition) is 3. The molecule has 1 amide bonds. The summed E-state index contributed by atoms with van der Waals surface area (Å²) in [6, 6.07) is 8.52. The average molecular weight is 316 g/mol. The van der Waals surface area contributed by atoms with Crippen molar-refractivity contribution in [2.24, 2.45) is 0 Å². The van der Waals surface area contributed by atoms with Gasteiger partial charge in [0.1, 0.15) is 5.75 Å². The third kappa shape index (κ3) is 5.24. The maximum Gasteiger partial charge on any atom is 0.220 e. The zero-order valence-corrected chi connectivity index (χ0v) is 13.9.